The van der Waals surface area contributed by atoms with Crippen LogP contribution in [0.3, 0.4) is 0 Å². The fourth-order valence-electron chi connectivity index (χ4n) is 4.07. The monoisotopic (exact) mass is 317 g/mol. The largest absolute Gasteiger partial charge is 0.497 e. The minimum absolute atomic E-state index is 0.0127. The Balaban J connectivity index is 1.88. The third-order valence-corrected chi connectivity index (χ3v) is 5.42. The summed E-state index contributed by atoms with van der Waals surface area (Å²) in [6.07, 6.45) is 2.23. The highest BCUT2D eigenvalue weighted by Crippen LogP contribution is 2.45. The molecule has 0 saturated carbocycles. The molecule has 0 N–H and O–H groups in total. The van der Waals surface area contributed by atoms with Crippen molar-refractivity contribution >= 4 is 11.8 Å². The Hall–Kier alpha value is -1.88. The number of benzene rings is 1. The molecule has 5 heteroatoms. The maximum absolute atomic E-state index is 12.5. The van der Waals surface area contributed by atoms with Gasteiger partial charge in [-0.25, -0.2) is 0 Å². The van der Waals surface area contributed by atoms with Crippen molar-refractivity contribution in [3.8, 4) is 5.75 Å². The van der Waals surface area contributed by atoms with Crippen molar-refractivity contribution in [2.24, 2.45) is 5.41 Å². The third kappa shape index (κ3) is 2.53. The van der Waals surface area contributed by atoms with E-state index in [1.165, 1.54) is 7.11 Å². The number of carbonyl (C=O) groups excluding carboxylic acids is 2. The number of methoxy groups -OCH3 is 2. The lowest BCUT2D eigenvalue weighted by Crippen LogP contribution is -2.58. The normalized spacial score (nSPS) is 30.3. The summed E-state index contributed by atoms with van der Waals surface area (Å²) in [6, 6.07) is 8.06. The Bertz CT molecular complexity index is 629. The van der Waals surface area contributed by atoms with Gasteiger partial charge in [0.2, 0.25) is 0 Å². The van der Waals surface area contributed by atoms with Gasteiger partial charge >= 0.3 is 5.97 Å². The summed E-state index contributed by atoms with van der Waals surface area (Å²) in [5, 5.41) is 0. The van der Waals surface area contributed by atoms with Gasteiger partial charge in [0.05, 0.1) is 14.2 Å². The van der Waals surface area contributed by atoms with Crippen LogP contribution in [0.2, 0.25) is 0 Å². The molecule has 0 unspecified atom stereocenters. The maximum atomic E-state index is 12.5. The molecule has 1 aromatic carbocycles. The minimum Gasteiger partial charge on any atom is -0.497 e. The van der Waals surface area contributed by atoms with Gasteiger partial charge in [0.25, 0.3) is 0 Å². The van der Waals surface area contributed by atoms with E-state index in [2.05, 4.69) is 4.90 Å². The van der Waals surface area contributed by atoms with Crippen molar-refractivity contribution in [1.82, 2.24) is 4.90 Å². The molecule has 0 spiro atoms. The van der Waals surface area contributed by atoms with Crippen molar-refractivity contribution in [3.05, 3.63) is 29.8 Å². The second-order valence-corrected chi connectivity index (χ2v) is 6.59. The van der Waals surface area contributed by atoms with E-state index in [-0.39, 0.29) is 17.9 Å². The molecule has 2 saturated heterocycles. The Morgan fingerprint density at radius 2 is 2.13 bits per heavy atom. The van der Waals surface area contributed by atoms with Crippen molar-refractivity contribution < 1.29 is 19.1 Å². The molecule has 2 heterocycles. The van der Waals surface area contributed by atoms with Crippen LogP contribution >= 0.6 is 0 Å². The van der Waals surface area contributed by atoms with Crippen LogP contribution in [0.1, 0.15) is 31.7 Å². The van der Waals surface area contributed by atoms with Gasteiger partial charge in [-0.05, 0) is 37.5 Å². The molecule has 2 bridgehead atoms. The van der Waals surface area contributed by atoms with Crippen molar-refractivity contribution in [2.45, 2.75) is 44.8 Å². The van der Waals surface area contributed by atoms with Gasteiger partial charge in [-0.2, -0.15) is 0 Å². The Morgan fingerprint density at radius 1 is 1.35 bits per heavy atom. The number of Topliss-reactive ketones (excluding diaryl/α,β-unsaturated/α-hetero) is 1. The molecule has 0 aromatic heterocycles. The molecule has 0 radical (unpaired) electrons. The van der Waals surface area contributed by atoms with Gasteiger partial charge in [-0.15, -0.1) is 0 Å². The molecule has 5 nitrogen and oxygen atoms in total. The minimum atomic E-state index is -1.05. The topological polar surface area (TPSA) is 55.8 Å². The molecular formula is C18H23NO4. The Morgan fingerprint density at radius 3 is 2.83 bits per heavy atom. The number of fused-ring (bicyclic) bond motifs is 2. The van der Waals surface area contributed by atoms with E-state index in [1.54, 1.807) is 14.0 Å². The van der Waals surface area contributed by atoms with Crippen LogP contribution in [0.25, 0.3) is 0 Å². The Kier molecular flexibility index (Phi) is 4.15. The first-order valence-corrected chi connectivity index (χ1v) is 8.01. The molecule has 0 aliphatic carbocycles. The zero-order chi connectivity index (χ0) is 16.6. The molecule has 23 heavy (non-hydrogen) atoms. The van der Waals surface area contributed by atoms with Gasteiger partial charge in [0.1, 0.15) is 11.2 Å². The van der Waals surface area contributed by atoms with Gasteiger partial charge in [0.15, 0.2) is 5.78 Å². The molecule has 0 amide bonds. The predicted molar refractivity (Wildman–Crippen MR) is 85.1 cm³/mol. The second kappa shape index (κ2) is 5.96. The van der Waals surface area contributed by atoms with Crippen molar-refractivity contribution in [3.63, 3.8) is 0 Å². The lowest BCUT2D eigenvalue weighted by atomic mass is 9.74. The number of piperidine rings is 1. The van der Waals surface area contributed by atoms with Gasteiger partial charge < -0.3 is 9.47 Å². The van der Waals surface area contributed by atoms with E-state index in [1.807, 2.05) is 24.3 Å². The molecule has 2 aliphatic rings. The zero-order valence-electron chi connectivity index (χ0n) is 13.9. The van der Waals surface area contributed by atoms with E-state index < -0.39 is 11.4 Å². The number of hydrogen-bond donors (Lipinski definition) is 0. The maximum Gasteiger partial charge on any atom is 0.320 e. The molecule has 3 rings (SSSR count). The average Bonchev–Trinajstić information content (AvgIpc) is 2.89. The van der Waals surface area contributed by atoms with E-state index in [9.17, 15) is 9.59 Å². The summed E-state index contributed by atoms with van der Waals surface area (Å²) in [5.74, 6) is 0.417. The highest BCUT2D eigenvalue weighted by molar-refractivity contribution is 6.05. The summed E-state index contributed by atoms with van der Waals surface area (Å²) in [5.41, 5.74) is 0.0727. The van der Waals surface area contributed by atoms with Crippen LogP contribution in [-0.2, 0) is 20.9 Å². The first-order valence-electron chi connectivity index (χ1n) is 8.01. The van der Waals surface area contributed by atoms with Gasteiger partial charge in [-0.1, -0.05) is 12.1 Å². The standard InChI is InChI=1S/C18H23NO4/c1-18(17(21)23-3)15-8-7-13(10-16(18)20)19(15)11-12-5-4-6-14(9-12)22-2/h4-6,9,13,15H,7-8,10-11H2,1-3H3/t13-,15-,18-/m1/s1. The van der Waals surface area contributed by atoms with Crippen molar-refractivity contribution in [2.75, 3.05) is 14.2 Å². The molecule has 1 aromatic rings. The number of ketones is 1. The number of ether oxygens (including phenoxy) is 2. The van der Waals surface area contributed by atoms with E-state index in [0.717, 1.165) is 24.2 Å². The number of nitrogens with zero attached hydrogens (tertiary/aromatic N) is 1. The molecule has 3 atom stereocenters. The molecule has 124 valence electrons. The summed E-state index contributed by atoms with van der Waals surface area (Å²) in [7, 11) is 3.00. The highest BCUT2D eigenvalue weighted by atomic mass is 16.5. The van der Waals surface area contributed by atoms with Crippen molar-refractivity contribution in [1.29, 1.82) is 0 Å². The Labute approximate surface area is 136 Å². The summed E-state index contributed by atoms with van der Waals surface area (Å²) < 4.78 is 10.2. The lowest BCUT2D eigenvalue weighted by Gasteiger charge is -2.43. The number of carbonyl (C=O) groups is 2. The fourth-order valence-corrected chi connectivity index (χ4v) is 4.07. The SMILES string of the molecule is COC(=O)[C@@]1(C)C(=O)C[C@H]2CC[C@H]1N2Cc1cccc(OC)c1. The van der Waals surface area contributed by atoms with E-state index in [4.69, 9.17) is 9.47 Å². The summed E-state index contributed by atoms with van der Waals surface area (Å²) in [4.78, 5) is 27.1. The van der Waals surface area contributed by atoms with E-state index >= 15 is 0 Å². The van der Waals surface area contributed by atoms with Crippen LogP contribution in [0.5, 0.6) is 5.75 Å². The summed E-state index contributed by atoms with van der Waals surface area (Å²) in [6.45, 7) is 2.46. The summed E-state index contributed by atoms with van der Waals surface area (Å²) >= 11 is 0. The van der Waals surface area contributed by atoms with Crippen LogP contribution in [0.4, 0.5) is 0 Å². The first-order chi connectivity index (χ1) is 11.0. The molecule has 2 aliphatic heterocycles. The van der Waals surface area contributed by atoms with Crippen LogP contribution in [-0.4, -0.2) is 43.0 Å². The number of esters is 1. The second-order valence-electron chi connectivity index (χ2n) is 6.59. The number of rotatable bonds is 4. The average molecular weight is 317 g/mol. The van der Waals surface area contributed by atoms with Crippen LogP contribution in [0, 0.1) is 5.41 Å². The fraction of sp³-hybridized carbons (Fsp3) is 0.556. The molecular weight excluding hydrogens is 294 g/mol. The number of hydrogen-bond acceptors (Lipinski definition) is 5. The zero-order valence-corrected chi connectivity index (χ0v) is 13.9. The molecule has 2 fully saturated rings. The van der Waals surface area contributed by atoms with Crippen LogP contribution in [0.15, 0.2) is 24.3 Å². The van der Waals surface area contributed by atoms with Gasteiger partial charge in [-0.3, -0.25) is 14.5 Å². The van der Waals surface area contributed by atoms with Crippen LogP contribution < -0.4 is 4.74 Å². The highest BCUT2D eigenvalue weighted by Gasteiger charge is 2.58. The lowest BCUT2D eigenvalue weighted by molar-refractivity contribution is -0.165. The van der Waals surface area contributed by atoms with Gasteiger partial charge in [0, 0.05) is 25.0 Å². The predicted octanol–water partition coefficient (Wildman–Crippen LogP) is 2.18. The first kappa shape index (κ1) is 16.0. The third-order valence-electron chi connectivity index (χ3n) is 5.42. The quantitative estimate of drug-likeness (QED) is 0.629. The van der Waals surface area contributed by atoms with E-state index in [0.29, 0.717) is 13.0 Å². The smallest absolute Gasteiger partial charge is 0.320 e.